The lowest BCUT2D eigenvalue weighted by atomic mass is 9.89. The molecule has 1 atom stereocenters. The molecule has 414 valence electrons. The van der Waals surface area contributed by atoms with Gasteiger partial charge in [-0.3, -0.25) is 4.79 Å². The van der Waals surface area contributed by atoms with Gasteiger partial charge in [0, 0.05) is 56.8 Å². The average molecular weight is 1130 g/mol. The molecule has 1 unspecified atom stereocenters. The van der Waals surface area contributed by atoms with Gasteiger partial charge in [0.05, 0.1) is 27.9 Å². The van der Waals surface area contributed by atoms with Crippen molar-refractivity contribution in [3.8, 4) is 22.5 Å². The number of nitrogens with zero attached hydrogens (tertiary/aromatic N) is 1. The first-order valence-corrected chi connectivity index (χ1v) is 29.4. The number of carbonyl (C=O) groups is 2. The summed E-state index contributed by atoms with van der Waals surface area (Å²) in [4.78, 5) is 26.3. The number of methoxy groups -OCH3 is 1. The highest BCUT2D eigenvalue weighted by Gasteiger charge is 2.38. The summed E-state index contributed by atoms with van der Waals surface area (Å²) in [6.07, 6.45) is 0.333. The molecule has 0 saturated heterocycles. The minimum absolute atomic E-state index is 0.0565. The highest BCUT2D eigenvalue weighted by Crippen LogP contribution is 2.45. The van der Waals surface area contributed by atoms with Crippen LogP contribution in [-0.4, -0.2) is 47.6 Å². The van der Waals surface area contributed by atoms with Crippen LogP contribution in [-0.2, 0) is 34.4 Å². The van der Waals surface area contributed by atoms with E-state index in [9.17, 15) is 26.4 Å². The van der Waals surface area contributed by atoms with Crippen molar-refractivity contribution >= 4 is 71.7 Å². The number of fused-ring (bicyclic) bond motifs is 2. The highest BCUT2D eigenvalue weighted by molar-refractivity contribution is 8.04. The first-order chi connectivity index (χ1) is 36.6. The maximum absolute atomic E-state index is 16.0. The number of amides is 1. The Bertz CT molecular complexity index is 3650. The van der Waals surface area contributed by atoms with Crippen LogP contribution < -0.4 is 20.1 Å². The number of rotatable bonds is 19. The van der Waals surface area contributed by atoms with Gasteiger partial charge in [0.25, 0.3) is 20.0 Å². The molecule has 0 spiro atoms. The van der Waals surface area contributed by atoms with E-state index in [4.69, 9.17) is 14.1 Å². The lowest BCUT2D eigenvalue weighted by Crippen LogP contribution is -2.48. The number of benzene rings is 6. The molecule has 1 amide bonds. The number of halogens is 4. The maximum Gasteiger partial charge on any atom is 0.329 e. The van der Waals surface area contributed by atoms with Gasteiger partial charge in [-0.05, 0) is 82.7 Å². The number of sulfonamides is 2. The zero-order chi connectivity index (χ0) is 57.3. The largest absolute Gasteiger partial charge is 0.467 e. The number of carbonyl (C=O) groups excluding carboxylic acids is 2. The molecule has 12 nitrogen and oxygen atoms in total. The number of hydrogen-bond acceptors (Lipinski definition) is 11. The minimum atomic E-state index is -6.01. The molecular formula is C59H64F4N4O8S3. The van der Waals surface area contributed by atoms with Crippen LogP contribution >= 0.6 is 11.8 Å². The molecular weight excluding hydrogens is 1060 g/mol. The third-order valence-electron chi connectivity index (χ3n) is 13.7. The number of para-hydroxylation sites is 2. The van der Waals surface area contributed by atoms with Gasteiger partial charge in [-0.15, -0.1) is 15.9 Å². The van der Waals surface area contributed by atoms with Gasteiger partial charge in [0.15, 0.2) is 28.2 Å². The summed E-state index contributed by atoms with van der Waals surface area (Å²) in [5, 5.41) is 6.91. The van der Waals surface area contributed by atoms with Crippen molar-refractivity contribution in [2.75, 3.05) is 18.2 Å². The van der Waals surface area contributed by atoms with Crippen LogP contribution in [0.3, 0.4) is 0 Å². The van der Waals surface area contributed by atoms with E-state index in [-0.39, 0.29) is 57.9 Å². The molecule has 7 rings (SSSR count). The Morgan fingerprint density at radius 2 is 1.26 bits per heavy atom. The van der Waals surface area contributed by atoms with Crippen LogP contribution in [0.1, 0.15) is 129 Å². The number of anilines is 2. The van der Waals surface area contributed by atoms with Crippen molar-refractivity contribution in [1.82, 2.24) is 9.44 Å². The third-order valence-corrected chi connectivity index (χ3v) is 18.5. The van der Waals surface area contributed by atoms with Gasteiger partial charge >= 0.3 is 5.97 Å². The Hall–Kier alpha value is -6.54. The van der Waals surface area contributed by atoms with Gasteiger partial charge in [0.2, 0.25) is 5.91 Å². The lowest BCUT2D eigenvalue weighted by Gasteiger charge is -2.25. The number of ether oxygens (including phenoxy) is 1. The SMILES string of the molecule is CCC(C)(C)C(=O)NC(CSc1c(F)c(F)c(S(=O)(=O)NS(=O)(=O)c2ccccc2-c2c3ccc(=Nc4c(C(C)C)cccc4C(C)C)cc-3oc3cc(Nc4c(C(C)C)cccc4C(C)C)ccc23)c(F)c1F)C(=O)OC. The fourth-order valence-corrected chi connectivity index (χ4v) is 13.2. The zero-order valence-corrected chi connectivity index (χ0v) is 47.9. The van der Waals surface area contributed by atoms with Crippen LogP contribution in [0.15, 0.2) is 121 Å². The number of thioether (sulfide) groups is 1. The molecule has 5 aromatic rings. The molecule has 1 heterocycles. The predicted octanol–water partition coefficient (Wildman–Crippen LogP) is 14.1. The van der Waals surface area contributed by atoms with E-state index in [1.807, 2.05) is 24.3 Å². The van der Waals surface area contributed by atoms with Gasteiger partial charge in [0.1, 0.15) is 17.4 Å². The summed E-state index contributed by atoms with van der Waals surface area (Å²) in [6, 6.07) is 26.4. The molecule has 0 bridgehead atoms. The standard InChI is InChI=1S/C59H64F4N4O8S3/c1-13-59(10,11)58(69)66-44(57(68)74-12)30-76-55-49(60)51(62)56(52(63)50(55)61)78(72,73)67-77(70,71)47-23-15-14-18-43(47)48-41-26-24-35(64-53-37(31(2)3)19-16-20-38(53)32(4)5)28-45(41)75-46-29-36(25-27-42(46)48)65-54-39(33(6)7)21-17-22-40(54)34(8)9/h14-29,31-34,44,64,67H,13,30H2,1-12H3,(H,66,69). The first kappa shape index (κ1) is 59.1. The normalized spacial score (nSPS) is 13.1. The summed E-state index contributed by atoms with van der Waals surface area (Å²) in [6.45, 7) is 21.6. The summed E-state index contributed by atoms with van der Waals surface area (Å²) in [5.41, 5.74) is 6.41. The summed E-state index contributed by atoms with van der Waals surface area (Å²) in [5.74, 6) is -10.8. The van der Waals surface area contributed by atoms with Crippen molar-refractivity contribution in [1.29, 1.82) is 0 Å². The van der Waals surface area contributed by atoms with Gasteiger partial charge in [-0.1, -0.05) is 131 Å². The lowest BCUT2D eigenvalue weighted by molar-refractivity contribution is -0.145. The van der Waals surface area contributed by atoms with Gasteiger partial charge in [-0.2, -0.15) is 0 Å². The molecule has 0 aromatic heterocycles. The van der Waals surface area contributed by atoms with Crippen molar-refractivity contribution < 1.29 is 53.1 Å². The van der Waals surface area contributed by atoms with Crippen LogP contribution in [0.2, 0.25) is 0 Å². The Morgan fingerprint density at radius 1 is 0.692 bits per heavy atom. The molecule has 1 aliphatic carbocycles. The average Bonchev–Trinajstić information content (AvgIpc) is 3.56. The second-order valence-corrected chi connectivity index (χ2v) is 25.5. The number of nitrogens with one attached hydrogen (secondary N) is 3. The van der Waals surface area contributed by atoms with Crippen LogP contribution in [0.4, 0.5) is 34.6 Å². The number of hydrogen-bond donors (Lipinski definition) is 3. The topological polar surface area (TPSA) is 173 Å². The van der Waals surface area contributed by atoms with E-state index in [0.29, 0.717) is 28.4 Å². The Balaban J connectivity index is 1.37. The van der Waals surface area contributed by atoms with Crippen molar-refractivity contribution in [3.05, 3.63) is 148 Å². The second-order valence-electron chi connectivity index (χ2n) is 20.9. The molecule has 2 aliphatic rings. The van der Waals surface area contributed by atoms with Crippen molar-refractivity contribution in [2.24, 2.45) is 10.4 Å². The molecule has 3 N–H and O–H groups in total. The van der Waals surface area contributed by atoms with Gasteiger partial charge in [-0.25, -0.2) is 44.2 Å². The van der Waals surface area contributed by atoms with Crippen LogP contribution in [0, 0.1) is 28.7 Å². The fourth-order valence-electron chi connectivity index (χ4n) is 9.01. The molecule has 5 aromatic carbocycles. The molecule has 0 radical (unpaired) electrons. The molecule has 19 heteroatoms. The number of esters is 1. The van der Waals surface area contributed by atoms with Crippen LogP contribution in [0.5, 0.6) is 0 Å². The summed E-state index contributed by atoms with van der Waals surface area (Å²) < 4.78 is 134. The van der Waals surface area contributed by atoms with E-state index < -0.39 is 87.1 Å². The van der Waals surface area contributed by atoms with Crippen molar-refractivity contribution in [3.63, 3.8) is 0 Å². The third kappa shape index (κ3) is 12.0. The quantitative estimate of drug-likeness (QED) is 0.0233. The molecule has 0 saturated carbocycles. The second kappa shape index (κ2) is 23.4. The molecule has 78 heavy (non-hydrogen) atoms. The van der Waals surface area contributed by atoms with E-state index in [1.54, 1.807) is 57.2 Å². The first-order valence-electron chi connectivity index (χ1n) is 25.5. The van der Waals surface area contributed by atoms with Crippen molar-refractivity contribution in [2.45, 2.75) is 127 Å². The van der Waals surface area contributed by atoms with E-state index in [1.165, 1.54) is 22.3 Å². The molecule has 0 fully saturated rings. The maximum atomic E-state index is 16.0. The van der Waals surface area contributed by atoms with E-state index in [2.05, 4.69) is 78.2 Å². The van der Waals surface area contributed by atoms with E-state index >= 15 is 17.6 Å². The Morgan fingerprint density at radius 3 is 1.81 bits per heavy atom. The monoisotopic (exact) mass is 1130 g/mol. The van der Waals surface area contributed by atoms with Crippen LogP contribution in [0.25, 0.3) is 33.4 Å². The summed E-state index contributed by atoms with van der Waals surface area (Å²) >= 11 is 0.0565. The van der Waals surface area contributed by atoms with E-state index in [0.717, 1.165) is 46.8 Å². The fraction of sp³-hybridized carbons (Fsp3) is 0.339. The Kier molecular flexibility index (Phi) is 17.8. The van der Waals surface area contributed by atoms with Gasteiger partial charge < -0.3 is 19.8 Å². The smallest absolute Gasteiger partial charge is 0.329 e. The minimum Gasteiger partial charge on any atom is -0.467 e. The summed E-state index contributed by atoms with van der Waals surface area (Å²) in [7, 11) is -10.5. The molecule has 1 aliphatic heterocycles. The zero-order valence-electron chi connectivity index (χ0n) is 45.5. The Labute approximate surface area is 457 Å². The predicted molar refractivity (Wildman–Crippen MR) is 299 cm³/mol. The highest BCUT2D eigenvalue weighted by atomic mass is 32.3.